The van der Waals surface area contributed by atoms with Crippen LogP contribution in [0.2, 0.25) is 0 Å². The largest absolute Gasteiger partial charge is 0.398 e. The van der Waals surface area contributed by atoms with Gasteiger partial charge in [0.05, 0.1) is 17.1 Å². The molecule has 0 saturated carbocycles. The van der Waals surface area contributed by atoms with E-state index in [1.54, 1.807) is 19.1 Å². The Morgan fingerprint density at radius 2 is 2.05 bits per heavy atom. The van der Waals surface area contributed by atoms with Gasteiger partial charge in [-0.3, -0.25) is 0 Å². The van der Waals surface area contributed by atoms with Crippen molar-refractivity contribution in [1.82, 2.24) is 9.88 Å². The molecule has 2 aromatic rings. The fourth-order valence-corrected chi connectivity index (χ4v) is 2.56. The summed E-state index contributed by atoms with van der Waals surface area (Å²) in [7, 11) is -3.61. The van der Waals surface area contributed by atoms with Gasteiger partial charge in [0.25, 0.3) is 0 Å². The summed E-state index contributed by atoms with van der Waals surface area (Å²) < 4.78 is 31.5. The number of sulfonamides is 1. The van der Waals surface area contributed by atoms with Gasteiger partial charge in [0, 0.05) is 11.8 Å². The quantitative estimate of drug-likeness (QED) is 0.824. The number of hydrogen-bond donors (Lipinski definition) is 2. The molecule has 0 bridgehead atoms. The lowest BCUT2D eigenvalue weighted by atomic mass is 10.2. The SMILES string of the molecule is Cc1cc(CNS(=O)(=O)c2ccc(C)c(N)c2)on1. The van der Waals surface area contributed by atoms with Gasteiger partial charge in [-0.1, -0.05) is 11.2 Å². The lowest BCUT2D eigenvalue weighted by molar-refractivity contribution is 0.377. The van der Waals surface area contributed by atoms with Crippen LogP contribution in [0.15, 0.2) is 33.7 Å². The summed E-state index contributed by atoms with van der Waals surface area (Å²) in [6.07, 6.45) is 0. The Bertz CT molecular complexity index is 692. The molecule has 0 aliphatic carbocycles. The summed E-state index contributed by atoms with van der Waals surface area (Å²) in [5.74, 6) is 0.459. The Balaban J connectivity index is 2.16. The summed E-state index contributed by atoms with van der Waals surface area (Å²) in [6, 6.07) is 6.29. The van der Waals surface area contributed by atoms with Crippen molar-refractivity contribution in [3.8, 4) is 0 Å². The molecule has 7 heteroatoms. The number of rotatable bonds is 4. The second-order valence-corrected chi connectivity index (χ2v) is 6.04. The number of benzene rings is 1. The molecule has 6 nitrogen and oxygen atoms in total. The number of nitrogens with zero attached hydrogens (tertiary/aromatic N) is 1. The molecule has 1 heterocycles. The highest BCUT2D eigenvalue weighted by molar-refractivity contribution is 7.89. The zero-order chi connectivity index (χ0) is 14.0. The molecule has 0 spiro atoms. The van der Waals surface area contributed by atoms with Crippen molar-refractivity contribution in [2.24, 2.45) is 0 Å². The highest BCUT2D eigenvalue weighted by Crippen LogP contribution is 2.17. The Labute approximate surface area is 111 Å². The maximum atomic E-state index is 12.0. The molecule has 2 rings (SSSR count). The fraction of sp³-hybridized carbons (Fsp3) is 0.250. The molecular formula is C12H15N3O3S. The molecule has 1 aromatic heterocycles. The van der Waals surface area contributed by atoms with Crippen molar-refractivity contribution in [2.75, 3.05) is 5.73 Å². The molecule has 102 valence electrons. The lowest BCUT2D eigenvalue weighted by Gasteiger charge is -2.07. The van der Waals surface area contributed by atoms with E-state index >= 15 is 0 Å². The van der Waals surface area contributed by atoms with Crippen LogP contribution in [0.4, 0.5) is 5.69 Å². The number of aromatic nitrogens is 1. The highest BCUT2D eigenvalue weighted by Gasteiger charge is 2.15. The average molecular weight is 281 g/mol. The summed E-state index contributed by atoms with van der Waals surface area (Å²) in [5.41, 5.74) is 7.69. The van der Waals surface area contributed by atoms with E-state index in [0.29, 0.717) is 17.1 Å². The van der Waals surface area contributed by atoms with Crippen LogP contribution < -0.4 is 10.5 Å². The van der Waals surface area contributed by atoms with Crippen molar-refractivity contribution in [3.05, 3.63) is 41.3 Å². The molecular weight excluding hydrogens is 266 g/mol. The van der Waals surface area contributed by atoms with Gasteiger partial charge in [-0.2, -0.15) is 0 Å². The number of aryl methyl sites for hydroxylation is 2. The minimum Gasteiger partial charge on any atom is -0.398 e. The first-order valence-electron chi connectivity index (χ1n) is 5.66. The average Bonchev–Trinajstić information content (AvgIpc) is 2.76. The minimum atomic E-state index is -3.61. The van der Waals surface area contributed by atoms with Gasteiger partial charge in [-0.25, -0.2) is 13.1 Å². The van der Waals surface area contributed by atoms with Crippen LogP contribution in [0.5, 0.6) is 0 Å². The first kappa shape index (κ1) is 13.6. The van der Waals surface area contributed by atoms with Crippen LogP contribution in [0, 0.1) is 13.8 Å². The summed E-state index contributed by atoms with van der Waals surface area (Å²) >= 11 is 0. The first-order valence-corrected chi connectivity index (χ1v) is 7.15. The van der Waals surface area contributed by atoms with E-state index < -0.39 is 10.0 Å². The monoisotopic (exact) mass is 281 g/mol. The number of nitrogens with two attached hydrogens (primary N) is 1. The molecule has 0 aliphatic rings. The second-order valence-electron chi connectivity index (χ2n) is 4.28. The van der Waals surface area contributed by atoms with Crippen molar-refractivity contribution < 1.29 is 12.9 Å². The van der Waals surface area contributed by atoms with Gasteiger partial charge < -0.3 is 10.3 Å². The van der Waals surface area contributed by atoms with E-state index in [0.717, 1.165) is 5.56 Å². The molecule has 3 N–H and O–H groups in total. The highest BCUT2D eigenvalue weighted by atomic mass is 32.2. The topological polar surface area (TPSA) is 98.2 Å². The van der Waals surface area contributed by atoms with Gasteiger partial charge in [-0.15, -0.1) is 0 Å². The standard InChI is InChI=1S/C12H15N3O3S/c1-8-3-4-11(6-12(8)13)19(16,17)14-7-10-5-9(2)15-18-10/h3-6,14H,7,13H2,1-2H3. The van der Waals surface area contributed by atoms with E-state index in [1.165, 1.54) is 12.1 Å². The zero-order valence-electron chi connectivity index (χ0n) is 10.7. The molecule has 0 amide bonds. The third kappa shape index (κ3) is 3.12. The van der Waals surface area contributed by atoms with Crippen LogP contribution in [-0.4, -0.2) is 13.6 Å². The number of hydrogen-bond acceptors (Lipinski definition) is 5. The predicted octanol–water partition coefficient (Wildman–Crippen LogP) is 1.35. The van der Waals surface area contributed by atoms with Crippen molar-refractivity contribution in [2.45, 2.75) is 25.3 Å². The molecule has 0 atom stereocenters. The molecule has 19 heavy (non-hydrogen) atoms. The van der Waals surface area contributed by atoms with Crippen LogP contribution in [0.1, 0.15) is 17.0 Å². The molecule has 0 unspecified atom stereocenters. The molecule has 1 aromatic carbocycles. The molecule has 0 aliphatic heterocycles. The summed E-state index contributed by atoms with van der Waals surface area (Å²) in [4.78, 5) is 0.131. The maximum Gasteiger partial charge on any atom is 0.241 e. The van der Waals surface area contributed by atoms with Crippen LogP contribution in [-0.2, 0) is 16.6 Å². The fourth-order valence-electron chi connectivity index (χ4n) is 1.53. The van der Waals surface area contributed by atoms with Crippen LogP contribution in [0.25, 0.3) is 0 Å². The molecule has 0 radical (unpaired) electrons. The van der Waals surface area contributed by atoms with Crippen LogP contribution in [0.3, 0.4) is 0 Å². The summed E-state index contributed by atoms with van der Waals surface area (Å²) in [5, 5.41) is 3.69. The van der Waals surface area contributed by atoms with Gasteiger partial charge in [0.15, 0.2) is 5.76 Å². The normalized spacial score (nSPS) is 11.7. The van der Waals surface area contributed by atoms with E-state index in [-0.39, 0.29) is 11.4 Å². The number of nitrogen functional groups attached to an aromatic ring is 1. The van der Waals surface area contributed by atoms with Gasteiger partial charge in [0.2, 0.25) is 10.0 Å². The van der Waals surface area contributed by atoms with E-state index in [4.69, 9.17) is 10.3 Å². The maximum absolute atomic E-state index is 12.0. The Morgan fingerprint density at radius 3 is 2.63 bits per heavy atom. The predicted molar refractivity (Wildman–Crippen MR) is 70.9 cm³/mol. The lowest BCUT2D eigenvalue weighted by Crippen LogP contribution is -2.23. The van der Waals surface area contributed by atoms with Crippen molar-refractivity contribution >= 4 is 15.7 Å². The molecule has 0 saturated heterocycles. The minimum absolute atomic E-state index is 0.0525. The van der Waals surface area contributed by atoms with Gasteiger partial charge in [0.1, 0.15) is 0 Å². The van der Waals surface area contributed by atoms with Crippen molar-refractivity contribution in [3.63, 3.8) is 0 Å². The molecule has 0 fully saturated rings. The Kier molecular flexibility index (Phi) is 3.59. The first-order chi connectivity index (χ1) is 8.88. The second kappa shape index (κ2) is 5.02. The van der Waals surface area contributed by atoms with Crippen molar-refractivity contribution in [1.29, 1.82) is 0 Å². The van der Waals surface area contributed by atoms with E-state index in [9.17, 15) is 8.42 Å². The zero-order valence-corrected chi connectivity index (χ0v) is 11.5. The van der Waals surface area contributed by atoms with Gasteiger partial charge in [-0.05, 0) is 31.5 Å². The third-order valence-electron chi connectivity index (χ3n) is 2.67. The Hall–Kier alpha value is -1.86. The Morgan fingerprint density at radius 1 is 1.32 bits per heavy atom. The smallest absolute Gasteiger partial charge is 0.241 e. The van der Waals surface area contributed by atoms with E-state index in [2.05, 4.69) is 9.88 Å². The van der Waals surface area contributed by atoms with Crippen LogP contribution >= 0.6 is 0 Å². The number of nitrogens with one attached hydrogen (secondary N) is 1. The third-order valence-corrected chi connectivity index (χ3v) is 4.07. The van der Waals surface area contributed by atoms with E-state index in [1.807, 2.05) is 6.92 Å². The van der Waals surface area contributed by atoms with Gasteiger partial charge >= 0.3 is 0 Å². The summed E-state index contributed by atoms with van der Waals surface area (Å²) in [6.45, 7) is 3.63. The number of anilines is 1.